The summed E-state index contributed by atoms with van der Waals surface area (Å²) in [6, 6.07) is 22.0. The molecule has 1 aliphatic heterocycles. The van der Waals surface area contributed by atoms with Crippen molar-refractivity contribution < 1.29 is 0 Å². The standard InChI is InChI=1S/C18H21N2/c1-19-12-14-20(15-13-19)18(16-8-4-2-5-9-16)17-10-6-3-7-11-17/h2-11,18H,1,12-15H2/q-1. The van der Waals surface area contributed by atoms with E-state index in [1.54, 1.807) is 0 Å². The average Bonchev–Trinajstić information content (AvgIpc) is 2.52. The predicted octanol–water partition coefficient (Wildman–Crippen LogP) is 3.19. The van der Waals surface area contributed by atoms with Gasteiger partial charge in [-0.2, -0.15) is 0 Å². The zero-order valence-electron chi connectivity index (χ0n) is 11.8. The van der Waals surface area contributed by atoms with Gasteiger partial charge in [-0.3, -0.25) is 11.9 Å². The first-order valence-electron chi connectivity index (χ1n) is 7.24. The van der Waals surface area contributed by atoms with Crippen molar-refractivity contribution in [3.63, 3.8) is 0 Å². The van der Waals surface area contributed by atoms with E-state index in [4.69, 9.17) is 0 Å². The number of rotatable bonds is 3. The molecule has 104 valence electrons. The minimum Gasteiger partial charge on any atom is -0.457 e. The molecule has 20 heavy (non-hydrogen) atoms. The maximum absolute atomic E-state index is 4.04. The van der Waals surface area contributed by atoms with E-state index in [9.17, 15) is 0 Å². The summed E-state index contributed by atoms with van der Waals surface area (Å²) in [7, 11) is 4.04. The molecule has 0 amide bonds. The monoisotopic (exact) mass is 265 g/mol. The molecule has 2 nitrogen and oxygen atoms in total. The number of hydrogen-bond acceptors (Lipinski definition) is 2. The molecule has 0 N–H and O–H groups in total. The zero-order valence-corrected chi connectivity index (χ0v) is 11.8. The molecule has 1 aliphatic rings. The first-order chi connectivity index (χ1) is 9.84. The Bertz CT molecular complexity index is 476. The summed E-state index contributed by atoms with van der Waals surface area (Å²) in [6.45, 7) is 4.21. The van der Waals surface area contributed by atoms with Crippen LogP contribution in [0, 0.1) is 7.05 Å². The smallest absolute Gasteiger partial charge is 0.0602 e. The van der Waals surface area contributed by atoms with Crippen molar-refractivity contribution in [2.45, 2.75) is 6.04 Å². The summed E-state index contributed by atoms with van der Waals surface area (Å²) < 4.78 is 0. The lowest BCUT2D eigenvalue weighted by Crippen LogP contribution is -2.45. The van der Waals surface area contributed by atoms with Gasteiger partial charge in [-0.05, 0) is 24.2 Å². The summed E-state index contributed by atoms with van der Waals surface area (Å²) in [5.74, 6) is 0. The molecule has 3 rings (SSSR count). The van der Waals surface area contributed by atoms with Gasteiger partial charge in [0.1, 0.15) is 0 Å². The molecular weight excluding hydrogens is 244 g/mol. The van der Waals surface area contributed by atoms with E-state index in [-0.39, 0.29) is 0 Å². The van der Waals surface area contributed by atoms with Crippen LogP contribution in [0.1, 0.15) is 17.2 Å². The van der Waals surface area contributed by atoms with Crippen LogP contribution in [0.5, 0.6) is 0 Å². The second-order valence-corrected chi connectivity index (χ2v) is 5.38. The SMILES string of the molecule is [CH2-]N1CCN(C(c2ccccc2)c2ccccc2)CC1. The Kier molecular flexibility index (Phi) is 4.14. The van der Waals surface area contributed by atoms with Crippen LogP contribution < -0.4 is 0 Å². The lowest BCUT2D eigenvalue weighted by molar-refractivity contribution is 0.137. The van der Waals surface area contributed by atoms with Gasteiger partial charge in [0.2, 0.25) is 0 Å². The molecule has 0 aliphatic carbocycles. The third-order valence-electron chi connectivity index (χ3n) is 4.00. The van der Waals surface area contributed by atoms with Crippen LogP contribution in [0.2, 0.25) is 0 Å². The van der Waals surface area contributed by atoms with E-state index in [1.807, 2.05) is 0 Å². The van der Waals surface area contributed by atoms with Crippen LogP contribution >= 0.6 is 0 Å². The van der Waals surface area contributed by atoms with Crippen molar-refractivity contribution >= 4 is 0 Å². The Balaban J connectivity index is 1.92. The first kappa shape index (κ1) is 13.3. The van der Waals surface area contributed by atoms with Gasteiger partial charge in [-0.25, -0.2) is 0 Å². The molecule has 2 heteroatoms. The fourth-order valence-corrected chi connectivity index (χ4v) is 2.91. The molecule has 1 fully saturated rings. The predicted molar refractivity (Wildman–Crippen MR) is 83.2 cm³/mol. The van der Waals surface area contributed by atoms with Gasteiger partial charge in [-0.15, -0.1) is 0 Å². The minimum atomic E-state index is 0.353. The third kappa shape index (κ3) is 2.92. The molecule has 2 aromatic rings. The van der Waals surface area contributed by atoms with Crippen LogP contribution in [0.15, 0.2) is 60.7 Å². The molecule has 1 saturated heterocycles. The van der Waals surface area contributed by atoms with Crippen molar-refractivity contribution in [3.8, 4) is 0 Å². The van der Waals surface area contributed by atoms with E-state index in [2.05, 4.69) is 77.5 Å². The van der Waals surface area contributed by atoms with Crippen LogP contribution in [0.3, 0.4) is 0 Å². The zero-order chi connectivity index (χ0) is 13.8. The molecule has 0 radical (unpaired) electrons. The van der Waals surface area contributed by atoms with Gasteiger partial charge < -0.3 is 4.90 Å². The summed E-state index contributed by atoms with van der Waals surface area (Å²) in [4.78, 5) is 4.72. The number of hydrogen-bond donors (Lipinski definition) is 0. The molecule has 0 atom stereocenters. The maximum atomic E-state index is 4.04. The minimum absolute atomic E-state index is 0.353. The van der Waals surface area contributed by atoms with Gasteiger partial charge in [0.15, 0.2) is 0 Å². The Morgan fingerprint density at radius 1 is 0.700 bits per heavy atom. The Morgan fingerprint density at radius 3 is 1.60 bits per heavy atom. The number of benzene rings is 2. The first-order valence-corrected chi connectivity index (χ1v) is 7.24. The van der Waals surface area contributed by atoms with Crippen LogP contribution in [0.4, 0.5) is 0 Å². The van der Waals surface area contributed by atoms with Crippen molar-refractivity contribution in [2.75, 3.05) is 26.2 Å². The number of piperazine rings is 1. The molecule has 0 spiro atoms. The quantitative estimate of drug-likeness (QED) is 0.786. The van der Waals surface area contributed by atoms with Gasteiger partial charge >= 0.3 is 0 Å². The van der Waals surface area contributed by atoms with Crippen molar-refractivity contribution in [3.05, 3.63) is 78.8 Å². The summed E-state index contributed by atoms with van der Waals surface area (Å²) in [5, 5.41) is 0. The largest absolute Gasteiger partial charge is 0.457 e. The van der Waals surface area contributed by atoms with Crippen LogP contribution in [0.25, 0.3) is 0 Å². The summed E-state index contributed by atoms with van der Waals surface area (Å²) in [6.07, 6.45) is 0. The Morgan fingerprint density at radius 2 is 1.15 bits per heavy atom. The van der Waals surface area contributed by atoms with E-state index in [0.29, 0.717) is 6.04 Å². The van der Waals surface area contributed by atoms with Gasteiger partial charge in [0, 0.05) is 13.1 Å². The molecule has 2 aromatic carbocycles. The van der Waals surface area contributed by atoms with E-state index < -0.39 is 0 Å². The normalized spacial score (nSPS) is 17.5. The summed E-state index contributed by atoms with van der Waals surface area (Å²) in [5.41, 5.74) is 2.74. The Hall–Kier alpha value is -1.64. The highest BCUT2D eigenvalue weighted by Gasteiger charge is 2.23. The lowest BCUT2D eigenvalue weighted by atomic mass is 9.96. The fourth-order valence-electron chi connectivity index (χ4n) is 2.91. The Labute approximate surface area is 121 Å². The maximum Gasteiger partial charge on any atom is 0.0602 e. The van der Waals surface area contributed by atoms with E-state index in [1.165, 1.54) is 11.1 Å². The highest BCUT2D eigenvalue weighted by molar-refractivity contribution is 5.31. The van der Waals surface area contributed by atoms with Gasteiger partial charge in [0.05, 0.1) is 6.04 Å². The van der Waals surface area contributed by atoms with E-state index in [0.717, 1.165) is 26.2 Å². The van der Waals surface area contributed by atoms with Crippen molar-refractivity contribution in [2.24, 2.45) is 0 Å². The molecule has 0 aromatic heterocycles. The fraction of sp³-hybridized carbons (Fsp3) is 0.278. The molecular formula is C18H21N2-. The molecule has 1 heterocycles. The average molecular weight is 265 g/mol. The highest BCUT2D eigenvalue weighted by atomic mass is 15.3. The number of nitrogens with zero attached hydrogens (tertiary/aromatic N) is 2. The van der Waals surface area contributed by atoms with Crippen molar-refractivity contribution in [1.82, 2.24) is 9.80 Å². The second-order valence-electron chi connectivity index (χ2n) is 5.38. The molecule has 0 saturated carbocycles. The summed E-state index contributed by atoms with van der Waals surface area (Å²) >= 11 is 0. The van der Waals surface area contributed by atoms with Crippen molar-refractivity contribution in [1.29, 1.82) is 0 Å². The third-order valence-corrected chi connectivity index (χ3v) is 4.00. The van der Waals surface area contributed by atoms with Crippen LogP contribution in [-0.2, 0) is 0 Å². The molecule has 0 unspecified atom stereocenters. The molecule has 0 bridgehead atoms. The topological polar surface area (TPSA) is 6.48 Å². The van der Waals surface area contributed by atoms with Gasteiger partial charge in [0.25, 0.3) is 0 Å². The van der Waals surface area contributed by atoms with Gasteiger partial charge in [-0.1, -0.05) is 60.7 Å². The van der Waals surface area contributed by atoms with Crippen LogP contribution in [-0.4, -0.2) is 36.0 Å². The second kappa shape index (κ2) is 6.21. The van der Waals surface area contributed by atoms with E-state index >= 15 is 0 Å². The highest BCUT2D eigenvalue weighted by Crippen LogP contribution is 2.29. The lowest BCUT2D eigenvalue weighted by Gasteiger charge is -2.41.